The lowest BCUT2D eigenvalue weighted by molar-refractivity contribution is 0.101. The Morgan fingerprint density at radius 3 is 2.84 bits per heavy atom. The SMILES string of the molecule is Cc1nn(C)c(C(=O)Nc2cnn(COc3cccc(Cl)c3)c2)c1Cl. The summed E-state index contributed by atoms with van der Waals surface area (Å²) in [5.74, 6) is 0.272. The maximum Gasteiger partial charge on any atom is 0.275 e. The fraction of sp³-hybridized carbons (Fsp3) is 0.188. The normalized spacial score (nSPS) is 10.7. The first-order chi connectivity index (χ1) is 11.9. The van der Waals surface area contributed by atoms with Gasteiger partial charge in [0, 0.05) is 12.1 Å². The van der Waals surface area contributed by atoms with Crippen LogP contribution in [0.25, 0.3) is 0 Å². The standard InChI is InChI=1S/C16H15Cl2N5O2/c1-10-14(18)15(22(2)21-10)16(24)20-12-7-19-23(8-12)9-25-13-5-3-4-11(17)6-13/h3-8H,9H2,1-2H3,(H,20,24). The Kier molecular flexibility index (Phi) is 4.96. The smallest absolute Gasteiger partial charge is 0.275 e. The monoisotopic (exact) mass is 379 g/mol. The molecule has 0 fully saturated rings. The molecule has 0 bridgehead atoms. The summed E-state index contributed by atoms with van der Waals surface area (Å²) in [6.45, 7) is 1.92. The van der Waals surface area contributed by atoms with Crippen LogP contribution in [0.15, 0.2) is 36.7 Å². The summed E-state index contributed by atoms with van der Waals surface area (Å²) in [4.78, 5) is 12.4. The quantitative estimate of drug-likeness (QED) is 0.735. The fourth-order valence-corrected chi connectivity index (χ4v) is 2.69. The predicted molar refractivity (Wildman–Crippen MR) is 95.2 cm³/mol. The highest BCUT2D eigenvalue weighted by atomic mass is 35.5. The second kappa shape index (κ2) is 7.16. The Morgan fingerprint density at radius 2 is 2.16 bits per heavy atom. The molecule has 3 rings (SSSR count). The van der Waals surface area contributed by atoms with E-state index >= 15 is 0 Å². The zero-order chi connectivity index (χ0) is 18.0. The van der Waals surface area contributed by atoms with Crippen molar-refractivity contribution in [2.75, 3.05) is 5.32 Å². The predicted octanol–water partition coefficient (Wildman–Crippen LogP) is 3.52. The van der Waals surface area contributed by atoms with Gasteiger partial charge < -0.3 is 10.1 Å². The molecular weight excluding hydrogens is 365 g/mol. The molecule has 0 saturated heterocycles. The van der Waals surface area contributed by atoms with Gasteiger partial charge >= 0.3 is 0 Å². The van der Waals surface area contributed by atoms with Crippen LogP contribution in [0.2, 0.25) is 10.0 Å². The number of carbonyl (C=O) groups excluding carboxylic acids is 1. The summed E-state index contributed by atoms with van der Waals surface area (Å²) in [5, 5.41) is 11.9. The number of rotatable bonds is 5. The molecular formula is C16H15Cl2N5O2. The summed E-state index contributed by atoms with van der Waals surface area (Å²) in [6.07, 6.45) is 3.18. The average molecular weight is 380 g/mol. The number of amides is 1. The molecule has 7 nitrogen and oxygen atoms in total. The molecule has 2 aromatic heterocycles. The molecule has 1 N–H and O–H groups in total. The summed E-state index contributed by atoms with van der Waals surface area (Å²) in [6, 6.07) is 7.07. The van der Waals surface area contributed by atoms with E-state index in [1.54, 1.807) is 49.1 Å². The Hall–Kier alpha value is -2.51. The molecule has 0 unspecified atom stereocenters. The third-order valence-corrected chi connectivity index (χ3v) is 4.10. The van der Waals surface area contributed by atoms with Gasteiger partial charge in [-0.25, -0.2) is 4.68 Å². The van der Waals surface area contributed by atoms with E-state index in [0.717, 1.165) is 0 Å². The Balaban J connectivity index is 1.64. The number of carbonyl (C=O) groups is 1. The highest BCUT2D eigenvalue weighted by Gasteiger charge is 2.19. The molecule has 2 heterocycles. The van der Waals surface area contributed by atoms with Crippen molar-refractivity contribution >= 4 is 34.8 Å². The maximum absolute atomic E-state index is 12.4. The van der Waals surface area contributed by atoms with Crippen molar-refractivity contribution in [2.45, 2.75) is 13.7 Å². The number of halogens is 2. The molecule has 0 aliphatic carbocycles. The van der Waals surface area contributed by atoms with Gasteiger partial charge in [0.25, 0.3) is 5.91 Å². The summed E-state index contributed by atoms with van der Waals surface area (Å²) in [5.41, 5.74) is 1.41. The zero-order valence-corrected chi connectivity index (χ0v) is 15.0. The molecule has 0 atom stereocenters. The number of aromatic nitrogens is 4. The first-order valence-electron chi connectivity index (χ1n) is 7.35. The molecule has 0 radical (unpaired) electrons. The van der Waals surface area contributed by atoms with Crippen LogP contribution in [0.1, 0.15) is 16.2 Å². The third kappa shape index (κ3) is 3.94. The van der Waals surface area contributed by atoms with Crippen molar-refractivity contribution in [1.29, 1.82) is 0 Å². The Morgan fingerprint density at radius 1 is 1.36 bits per heavy atom. The van der Waals surface area contributed by atoms with E-state index in [9.17, 15) is 4.79 Å². The molecule has 130 valence electrons. The second-order valence-corrected chi connectivity index (χ2v) is 6.14. The van der Waals surface area contributed by atoms with Crippen molar-refractivity contribution in [1.82, 2.24) is 19.6 Å². The number of hydrogen-bond acceptors (Lipinski definition) is 4. The van der Waals surface area contributed by atoms with Crippen LogP contribution < -0.4 is 10.1 Å². The van der Waals surface area contributed by atoms with E-state index in [1.165, 1.54) is 10.9 Å². The van der Waals surface area contributed by atoms with Gasteiger partial charge in [0.15, 0.2) is 6.73 Å². The Bertz CT molecular complexity index is 919. The van der Waals surface area contributed by atoms with Crippen molar-refractivity contribution in [2.24, 2.45) is 7.05 Å². The molecule has 3 aromatic rings. The van der Waals surface area contributed by atoms with Crippen LogP contribution in [-0.2, 0) is 13.8 Å². The maximum atomic E-state index is 12.4. The molecule has 0 aliphatic heterocycles. The first-order valence-corrected chi connectivity index (χ1v) is 8.11. The molecule has 0 spiro atoms. The number of ether oxygens (including phenoxy) is 1. The Labute approximate surface area is 154 Å². The van der Waals surface area contributed by atoms with Crippen molar-refractivity contribution < 1.29 is 9.53 Å². The molecule has 1 amide bonds. The molecule has 0 saturated carbocycles. The minimum atomic E-state index is -0.358. The lowest BCUT2D eigenvalue weighted by Crippen LogP contribution is -2.16. The largest absolute Gasteiger partial charge is 0.471 e. The van der Waals surface area contributed by atoms with Gasteiger partial charge in [0.1, 0.15) is 11.4 Å². The van der Waals surface area contributed by atoms with E-state index in [-0.39, 0.29) is 12.6 Å². The second-order valence-electron chi connectivity index (χ2n) is 5.33. The minimum Gasteiger partial charge on any atom is -0.471 e. The highest BCUT2D eigenvalue weighted by molar-refractivity contribution is 6.34. The first kappa shape index (κ1) is 17.3. The van der Waals surface area contributed by atoms with Gasteiger partial charge in [-0.15, -0.1) is 0 Å². The van der Waals surface area contributed by atoms with Crippen molar-refractivity contribution in [3.63, 3.8) is 0 Å². The van der Waals surface area contributed by atoms with Crippen LogP contribution in [0, 0.1) is 6.92 Å². The lowest BCUT2D eigenvalue weighted by atomic mass is 10.3. The summed E-state index contributed by atoms with van der Waals surface area (Å²) >= 11 is 12.0. The van der Waals surface area contributed by atoms with E-state index in [0.29, 0.717) is 32.9 Å². The minimum absolute atomic E-state index is 0.182. The summed E-state index contributed by atoms with van der Waals surface area (Å²) in [7, 11) is 1.66. The van der Waals surface area contributed by atoms with E-state index in [2.05, 4.69) is 15.5 Å². The van der Waals surface area contributed by atoms with E-state index in [4.69, 9.17) is 27.9 Å². The number of benzene rings is 1. The molecule has 25 heavy (non-hydrogen) atoms. The number of nitrogens with one attached hydrogen (secondary N) is 1. The van der Waals surface area contributed by atoms with Gasteiger partial charge in [-0.3, -0.25) is 9.48 Å². The van der Waals surface area contributed by atoms with Gasteiger partial charge in [0.05, 0.1) is 28.8 Å². The zero-order valence-electron chi connectivity index (χ0n) is 13.5. The number of nitrogens with zero attached hydrogens (tertiary/aromatic N) is 4. The number of aryl methyl sites for hydroxylation is 2. The van der Waals surface area contributed by atoms with Crippen LogP contribution in [0.4, 0.5) is 5.69 Å². The van der Waals surface area contributed by atoms with Crippen molar-refractivity contribution in [3.05, 3.63) is 58.1 Å². The lowest BCUT2D eigenvalue weighted by Gasteiger charge is -2.06. The number of anilines is 1. The van der Waals surface area contributed by atoms with E-state index in [1.807, 2.05) is 0 Å². The van der Waals surface area contributed by atoms with E-state index < -0.39 is 0 Å². The molecule has 0 aliphatic rings. The molecule has 1 aromatic carbocycles. The topological polar surface area (TPSA) is 74.0 Å². The van der Waals surface area contributed by atoms with Gasteiger partial charge in [0.2, 0.25) is 0 Å². The van der Waals surface area contributed by atoms with Crippen molar-refractivity contribution in [3.8, 4) is 5.75 Å². The van der Waals surface area contributed by atoms with Crippen LogP contribution >= 0.6 is 23.2 Å². The van der Waals surface area contributed by atoms with Gasteiger partial charge in [-0.05, 0) is 25.1 Å². The van der Waals surface area contributed by atoms with Gasteiger partial charge in [-0.1, -0.05) is 29.3 Å². The number of hydrogen-bond donors (Lipinski definition) is 1. The third-order valence-electron chi connectivity index (χ3n) is 3.41. The van der Waals surface area contributed by atoms with Crippen LogP contribution in [0.5, 0.6) is 5.75 Å². The van der Waals surface area contributed by atoms with Crippen LogP contribution in [-0.4, -0.2) is 25.5 Å². The summed E-state index contributed by atoms with van der Waals surface area (Å²) < 4.78 is 8.58. The fourth-order valence-electron chi connectivity index (χ4n) is 2.27. The van der Waals surface area contributed by atoms with Crippen LogP contribution in [0.3, 0.4) is 0 Å². The average Bonchev–Trinajstić information content (AvgIpc) is 3.10. The van der Waals surface area contributed by atoms with Gasteiger partial charge in [-0.2, -0.15) is 10.2 Å². The highest BCUT2D eigenvalue weighted by Crippen LogP contribution is 2.21. The molecule has 9 heteroatoms.